The Hall–Kier alpha value is -5.43. The number of hydrogen-bond acceptors (Lipinski definition) is 7. The molecule has 1 atom stereocenters. The second kappa shape index (κ2) is 15.9. The number of hydrogen-bond donors (Lipinski definition) is 3. The van der Waals surface area contributed by atoms with Crippen molar-refractivity contribution in [2.24, 2.45) is 0 Å². The molecular formula is C35H32F3N3O6S. The highest BCUT2D eigenvalue weighted by atomic mass is 32.2. The standard InChI is InChI=1S/C35H32F3N3O6S/c1-21(32(42)39-25-13-8-12-24(18-25)35(36,37)38)48-27-15-9-14-26(19-27)40-34(44)28(41-33(43)22-10-6-5-7-11-22)16-23-17-30(46-3)31(47-4)20-29(23)45-2/h5-21H,1-4H3,(H,39,42)(H,40,44)(H,41,43)/b28-16+. The summed E-state index contributed by atoms with van der Waals surface area (Å²) in [5.41, 5.74) is 0.133. The molecule has 9 nitrogen and oxygen atoms in total. The number of thioether (sulfide) groups is 1. The van der Waals surface area contributed by atoms with Crippen molar-refractivity contribution in [2.45, 2.75) is 23.2 Å². The van der Waals surface area contributed by atoms with Gasteiger partial charge in [-0.3, -0.25) is 14.4 Å². The first kappa shape index (κ1) is 35.4. The van der Waals surface area contributed by atoms with Crippen molar-refractivity contribution in [1.82, 2.24) is 5.32 Å². The van der Waals surface area contributed by atoms with Crippen molar-refractivity contribution in [3.63, 3.8) is 0 Å². The van der Waals surface area contributed by atoms with Crippen LogP contribution in [0.15, 0.2) is 102 Å². The van der Waals surface area contributed by atoms with Crippen molar-refractivity contribution >= 4 is 46.9 Å². The fourth-order valence-electron chi connectivity index (χ4n) is 4.38. The minimum absolute atomic E-state index is 0.0197. The molecule has 4 aromatic carbocycles. The lowest BCUT2D eigenvalue weighted by Gasteiger charge is -2.16. The predicted molar refractivity (Wildman–Crippen MR) is 178 cm³/mol. The quantitative estimate of drug-likeness (QED) is 0.107. The van der Waals surface area contributed by atoms with E-state index in [9.17, 15) is 27.6 Å². The van der Waals surface area contributed by atoms with Crippen LogP contribution in [0.5, 0.6) is 17.2 Å². The minimum Gasteiger partial charge on any atom is -0.496 e. The number of ether oxygens (including phenoxy) is 3. The third-order valence-corrected chi connectivity index (χ3v) is 7.89. The maximum Gasteiger partial charge on any atom is 0.416 e. The molecule has 0 saturated heterocycles. The number of carbonyl (C=O) groups is 3. The normalized spacial score (nSPS) is 12.0. The number of alkyl halides is 3. The van der Waals surface area contributed by atoms with E-state index in [1.807, 2.05) is 0 Å². The topological polar surface area (TPSA) is 115 Å². The second-order valence-electron chi connectivity index (χ2n) is 10.1. The van der Waals surface area contributed by atoms with Gasteiger partial charge in [0.25, 0.3) is 11.8 Å². The summed E-state index contributed by atoms with van der Waals surface area (Å²) in [4.78, 5) is 40.2. The fraction of sp³-hybridized carbons (Fsp3) is 0.171. The van der Waals surface area contributed by atoms with Gasteiger partial charge in [-0.25, -0.2) is 0 Å². The average molecular weight is 680 g/mol. The van der Waals surface area contributed by atoms with E-state index >= 15 is 0 Å². The Morgan fingerprint density at radius 1 is 0.750 bits per heavy atom. The fourth-order valence-corrected chi connectivity index (χ4v) is 5.31. The van der Waals surface area contributed by atoms with Gasteiger partial charge in [-0.1, -0.05) is 30.3 Å². The third kappa shape index (κ3) is 9.32. The molecule has 0 aromatic heterocycles. The van der Waals surface area contributed by atoms with Gasteiger partial charge in [0.2, 0.25) is 5.91 Å². The summed E-state index contributed by atoms with van der Waals surface area (Å²) in [6, 6.07) is 22.6. The highest BCUT2D eigenvalue weighted by Crippen LogP contribution is 2.36. The number of anilines is 2. The lowest BCUT2D eigenvalue weighted by molar-refractivity contribution is -0.137. The molecule has 0 saturated carbocycles. The van der Waals surface area contributed by atoms with Gasteiger partial charge >= 0.3 is 6.18 Å². The summed E-state index contributed by atoms with van der Waals surface area (Å²) in [5.74, 6) is -0.573. The molecule has 0 radical (unpaired) electrons. The van der Waals surface area contributed by atoms with Gasteiger partial charge in [0.15, 0.2) is 11.5 Å². The molecule has 0 aliphatic rings. The Balaban J connectivity index is 1.55. The molecule has 0 aliphatic carbocycles. The van der Waals surface area contributed by atoms with Crippen molar-refractivity contribution in [3.8, 4) is 17.2 Å². The van der Waals surface area contributed by atoms with Gasteiger partial charge in [0, 0.05) is 33.5 Å². The molecule has 4 aromatic rings. The van der Waals surface area contributed by atoms with Gasteiger partial charge in [-0.05, 0) is 67.6 Å². The molecule has 0 spiro atoms. The van der Waals surface area contributed by atoms with E-state index in [2.05, 4.69) is 16.0 Å². The van der Waals surface area contributed by atoms with E-state index < -0.39 is 34.7 Å². The van der Waals surface area contributed by atoms with Gasteiger partial charge in [-0.2, -0.15) is 13.2 Å². The summed E-state index contributed by atoms with van der Waals surface area (Å²) in [5, 5.41) is 7.25. The molecule has 4 rings (SSSR count). The predicted octanol–water partition coefficient (Wildman–Crippen LogP) is 7.26. The van der Waals surface area contributed by atoms with E-state index in [0.717, 1.165) is 23.9 Å². The van der Waals surface area contributed by atoms with Crippen molar-refractivity contribution in [1.29, 1.82) is 0 Å². The largest absolute Gasteiger partial charge is 0.496 e. The number of amides is 3. The number of rotatable bonds is 12. The first-order valence-corrected chi connectivity index (χ1v) is 15.2. The Morgan fingerprint density at radius 2 is 1.38 bits per heavy atom. The van der Waals surface area contributed by atoms with Crippen LogP contribution in [0, 0.1) is 0 Å². The van der Waals surface area contributed by atoms with Crippen LogP contribution in [0.3, 0.4) is 0 Å². The molecule has 0 bridgehead atoms. The van der Waals surface area contributed by atoms with Crippen molar-refractivity contribution in [3.05, 3.63) is 113 Å². The molecular weight excluding hydrogens is 647 g/mol. The summed E-state index contributed by atoms with van der Waals surface area (Å²) in [7, 11) is 4.38. The van der Waals surface area contributed by atoms with Crippen LogP contribution in [0.4, 0.5) is 24.5 Å². The van der Waals surface area contributed by atoms with Crippen LogP contribution < -0.4 is 30.2 Å². The molecule has 13 heteroatoms. The first-order chi connectivity index (χ1) is 22.9. The van der Waals surface area contributed by atoms with E-state index in [-0.39, 0.29) is 11.4 Å². The highest BCUT2D eigenvalue weighted by molar-refractivity contribution is 8.00. The van der Waals surface area contributed by atoms with Gasteiger partial charge in [0.05, 0.1) is 32.1 Å². The van der Waals surface area contributed by atoms with Crippen LogP contribution >= 0.6 is 11.8 Å². The summed E-state index contributed by atoms with van der Waals surface area (Å²) in [6.07, 6.45) is -3.10. The van der Waals surface area contributed by atoms with E-state index in [1.54, 1.807) is 73.7 Å². The molecule has 3 N–H and O–H groups in total. The Labute approximate surface area is 279 Å². The van der Waals surface area contributed by atoms with Crippen LogP contribution in [0.2, 0.25) is 0 Å². The number of methoxy groups -OCH3 is 3. The van der Waals surface area contributed by atoms with Gasteiger partial charge < -0.3 is 30.2 Å². The zero-order valence-corrected chi connectivity index (χ0v) is 27.1. The average Bonchev–Trinajstić information content (AvgIpc) is 3.07. The lowest BCUT2D eigenvalue weighted by Crippen LogP contribution is -2.30. The summed E-state index contributed by atoms with van der Waals surface area (Å²) in [6.45, 7) is 1.61. The molecule has 250 valence electrons. The summed E-state index contributed by atoms with van der Waals surface area (Å²) < 4.78 is 55.5. The first-order valence-electron chi connectivity index (χ1n) is 14.4. The van der Waals surface area contributed by atoms with Gasteiger partial charge in [0.1, 0.15) is 11.4 Å². The molecule has 48 heavy (non-hydrogen) atoms. The van der Waals surface area contributed by atoms with Gasteiger partial charge in [-0.15, -0.1) is 11.8 Å². The number of nitrogens with one attached hydrogen (secondary N) is 3. The van der Waals surface area contributed by atoms with E-state index in [4.69, 9.17) is 14.2 Å². The smallest absolute Gasteiger partial charge is 0.416 e. The Kier molecular flexibility index (Phi) is 11.7. The molecule has 0 aliphatic heterocycles. The number of halogens is 3. The number of benzene rings is 4. The SMILES string of the molecule is COc1cc(OC)c(OC)cc1/C=C(/NC(=O)c1ccccc1)C(=O)Nc1cccc(SC(C)C(=O)Nc2cccc(C(F)(F)F)c2)c1. The number of carbonyl (C=O) groups excluding carboxylic acids is 3. The highest BCUT2D eigenvalue weighted by Gasteiger charge is 2.30. The zero-order valence-electron chi connectivity index (χ0n) is 26.3. The Bertz CT molecular complexity index is 1820. The van der Waals surface area contributed by atoms with E-state index in [0.29, 0.717) is 39.0 Å². The van der Waals surface area contributed by atoms with Crippen LogP contribution in [0.1, 0.15) is 28.4 Å². The molecule has 0 fully saturated rings. The molecule has 3 amide bonds. The summed E-state index contributed by atoms with van der Waals surface area (Å²) >= 11 is 1.14. The van der Waals surface area contributed by atoms with Crippen LogP contribution in [-0.4, -0.2) is 44.3 Å². The zero-order chi connectivity index (χ0) is 34.8. The maximum absolute atomic E-state index is 13.7. The van der Waals surface area contributed by atoms with Crippen molar-refractivity contribution < 1.29 is 41.8 Å². The van der Waals surface area contributed by atoms with E-state index in [1.165, 1.54) is 39.5 Å². The van der Waals surface area contributed by atoms with Crippen LogP contribution in [0.25, 0.3) is 6.08 Å². The molecule has 0 heterocycles. The van der Waals surface area contributed by atoms with Crippen molar-refractivity contribution in [2.75, 3.05) is 32.0 Å². The third-order valence-electron chi connectivity index (χ3n) is 6.80. The Morgan fingerprint density at radius 3 is 2.02 bits per heavy atom. The van der Waals surface area contributed by atoms with Crippen LogP contribution in [-0.2, 0) is 15.8 Å². The maximum atomic E-state index is 13.7. The lowest BCUT2D eigenvalue weighted by atomic mass is 10.1. The monoisotopic (exact) mass is 679 g/mol. The minimum atomic E-state index is -4.54. The second-order valence-corrected chi connectivity index (χ2v) is 11.6. The molecule has 1 unspecified atom stereocenters.